The normalized spacial score (nSPS) is 16.1. The van der Waals surface area contributed by atoms with Gasteiger partial charge >= 0.3 is 0 Å². The minimum Gasteiger partial charge on any atom is -0.368 e. The predicted octanol–water partition coefficient (Wildman–Crippen LogP) is 5.83. The number of carbonyl (C=O) groups excluding carboxylic acids is 1. The number of benzene rings is 3. The fraction of sp³-hybridized carbons (Fsp3) is 0.312. The first-order valence-corrected chi connectivity index (χ1v) is 15.5. The summed E-state index contributed by atoms with van der Waals surface area (Å²) in [5.74, 6) is 0.689. The quantitative estimate of drug-likeness (QED) is 0.311. The highest BCUT2D eigenvalue weighted by Gasteiger charge is 2.25. The van der Waals surface area contributed by atoms with Crippen LogP contribution in [0.3, 0.4) is 0 Å². The number of fused-ring (bicyclic) bond motifs is 1. The molecule has 1 saturated heterocycles. The highest BCUT2D eigenvalue weighted by molar-refractivity contribution is 7.93. The van der Waals surface area contributed by atoms with Crippen LogP contribution in [0.1, 0.15) is 53.6 Å². The number of piperazine rings is 1. The molecule has 1 amide bonds. The molecule has 1 aromatic heterocycles. The number of rotatable bonds is 7. The van der Waals surface area contributed by atoms with E-state index in [1.807, 2.05) is 17.0 Å². The van der Waals surface area contributed by atoms with E-state index in [4.69, 9.17) is 0 Å². The van der Waals surface area contributed by atoms with E-state index < -0.39 is 10.0 Å². The molecule has 6 rings (SSSR count). The van der Waals surface area contributed by atoms with Gasteiger partial charge in [0.2, 0.25) is 0 Å². The molecule has 1 aliphatic heterocycles. The van der Waals surface area contributed by atoms with Gasteiger partial charge in [-0.1, -0.05) is 43.7 Å². The van der Waals surface area contributed by atoms with Crippen molar-refractivity contribution in [1.82, 2.24) is 9.88 Å². The van der Waals surface area contributed by atoms with Gasteiger partial charge in [0.15, 0.2) is 0 Å². The summed E-state index contributed by atoms with van der Waals surface area (Å²) < 4.78 is 28.9. The number of sulfonamides is 1. The van der Waals surface area contributed by atoms with E-state index in [-0.39, 0.29) is 10.8 Å². The van der Waals surface area contributed by atoms with Crippen LogP contribution in [0.25, 0.3) is 10.9 Å². The van der Waals surface area contributed by atoms with Crippen molar-refractivity contribution in [2.24, 2.45) is 0 Å². The summed E-state index contributed by atoms with van der Waals surface area (Å²) >= 11 is 0. The van der Waals surface area contributed by atoms with Crippen LogP contribution in [0.5, 0.6) is 0 Å². The summed E-state index contributed by atoms with van der Waals surface area (Å²) in [6, 6.07) is 22.3. The van der Waals surface area contributed by atoms with Gasteiger partial charge in [-0.25, -0.2) is 8.42 Å². The van der Waals surface area contributed by atoms with Crippen LogP contribution >= 0.6 is 0 Å². The third-order valence-corrected chi connectivity index (χ3v) is 9.65. The van der Waals surface area contributed by atoms with E-state index >= 15 is 0 Å². The topological polar surface area (TPSA) is 82.6 Å². The Bertz CT molecular complexity index is 1640. The van der Waals surface area contributed by atoms with Crippen LogP contribution in [-0.4, -0.2) is 50.4 Å². The van der Waals surface area contributed by atoms with Crippen molar-refractivity contribution in [1.29, 1.82) is 0 Å². The number of carbonyl (C=O) groups is 1. The molecule has 1 saturated carbocycles. The molecule has 0 spiro atoms. The highest BCUT2D eigenvalue weighted by atomic mass is 32.2. The van der Waals surface area contributed by atoms with E-state index in [9.17, 15) is 13.2 Å². The molecular formula is C32H34N4O3S. The number of pyridine rings is 1. The predicted molar refractivity (Wildman–Crippen MR) is 160 cm³/mol. The Labute approximate surface area is 235 Å². The van der Waals surface area contributed by atoms with Gasteiger partial charge in [-0.2, -0.15) is 0 Å². The molecule has 2 fully saturated rings. The van der Waals surface area contributed by atoms with Gasteiger partial charge in [-0.05, 0) is 78.8 Å². The smallest absolute Gasteiger partial charge is 0.264 e. The van der Waals surface area contributed by atoms with Crippen LogP contribution in [0.4, 0.5) is 11.4 Å². The van der Waals surface area contributed by atoms with E-state index in [0.717, 1.165) is 30.8 Å². The van der Waals surface area contributed by atoms with Crippen LogP contribution in [0, 0.1) is 0 Å². The van der Waals surface area contributed by atoms with Crippen molar-refractivity contribution in [2.45, 2.75) is 43.4 Å². The minimum atomic E-state index is -3.85. The second-order valence-electron chi connectivity index (χ2n) is 10.7. The van der Waals surface area contributed by atoms with Crippen molar-refractivity contribution >= 4 is 38.2 Å². The molecule has 206 valence electrons. The minimum absolute atomic E-state index is 0.0386. The third-order valence-electron chi connectivity index (χ3n) is 8.24. The molecule has 2 aliphatic rings. The summed E-state index contributed by atoms with van der Waals surface area (Å²) in [7, 11) is -3.85. The summed E-state index contributed by atoms with van der Waals surface area (Å²) in [5.41, 5.74) is 5.51. The molecule has 2 heterocycles. The number of nitrogens with one attached hydrogen (secondary N) is 1. The molecule has 0 radical (unpaired) electrons. The SMILES string of the molecule is CCc1cc(C2CCC2)ccc1N1CCN(C(=O)c2ccc(NS(=O)(=O)c3cccc4cccnc34)cc2)CC1. The van der Waals surface area contributed by atoms with E-state index in [1.54, 1.807) is 48.7 Å². The molecule has 3 aromatic carbocycles. The molecule has 7 nitrogen and oxygen atoms in total. The lowest BCUT2D eigenvalue weighted by molar-refractivity contribution is 0.0747. The third kappa shape index (κ3) is 5.16. The Morgan fingerprint density at radius 3 is 2.40 bits per heavy atom. The average molecular weight is 555 g/mol. The van der Waals surface area contributed by atoms with Crippen molar-refractivity contribution in [3.8, 4) is 0 Å². The molecule has 1 N–H and O–H groups in total. The van der Waals surface area contributed by atoms with Gasteiger partial charge in [0.05, 0.1) is 5.52 Å². The van der Waals surface area contributed by atoms with Gasteiger partial charge < -0.3 is 9.80 Å². The number of aromatic nitrogens is 1. The summed E-state index contributed by atoms with van der Waals surface area (Å²) in [5, 5.41) is 0.753. The molecule has 4 aromatic rings. The van der Waals surface area contributed by atoms with Crippen molar-refractivity contribution in [3.63, 3.8) is 0 Å². The average Bonchev–Trinajstić information content (AvgIpc) is 2.96. The maximum atomic E-state index is 13.3. The monoisotopic (exact) mass is 554 g/mol. The number of hydrogen-bond acceptors (Lipinski definition) is 5. The van der Waals surface area contributed by atoms with Crippen LogP contribution < -0.4 is 9.62 Å². The van der Waals surface area contributed by atoms with Crippen LogP contribution in [0.2, 0.25) is 0 Å². The molecule has 8 heteroatoms. The first-order valence-electron chi connectivity index (χ1n) is 14.1. The Balaban J connectivity index is 1.10. The van der Waals surface area contributed by atoms with Crippen LogP contribution in [0.15, 0.2) is 83.9 Å². The fourth-order valence-electron chi connectivity index (χ4n) is 5.71. The lowest BCUT2D eigenvalue weighted by atomic mass is 9.79. The first-order chi connectivity index (χ1) is 19.4. The Morgan fingerprint density at radius 1 is 0.950 bits per heavy atom. The molecule has 0 atom stereocenters. The second-order valence-corrected chi connectivity index (χ2v) is 12.3. The fourth-order valence-corrected chi connectivity index (χ4v) is 6.95. The summed E-state index contributed by atoms with van der Waals surface area (Å²) in [4.78, 5) is 21.9. The molecule has 0 bridgehead atoms. The number of para-hydroxylation sites is 1. The standard InChI is InChI=1S/C32H34N4O3S/c1-2-23-22-27(24-6-3-7-24)13-16-29(23)35-18-20-36(21-19-35)32(37)26-11-14-28(15-12-26)34-40(38,39)30-10-4-8-25-9-5-17-33-31(25)30/h4-5,8-17,22,24,34H,2-3,6-7,18-21H2,1H3. The maximum Gasteiger partial charge on any atom is 0.264 e. The van der Waals surface area contributed by atoms with E-state index in [1.165, 1.54) is 36.1 Å². The van der Waals surface area contributed by atoms with Gasteiger partial charge in [-0.15, -0.1) is 0 Å². The number of anilines is 2. The Morgan fingerprint density at radius 2 is 1.70 bits per heavy atom. The number of hydrogen-bond donors (Lipinski definition) is 1. The molecule has 0 unspecified atom stereocenters. The van der Waals surface area contributed by atoms with E-state index in [2.05, 4.69) is 39.7 Å². The number of amides is 1. The molecular weight excluding hydrogens is 520 g/mol. The zero-order valence-electron chi connectivity index (χ0n) is 22.7. The zero-order valence-corrected chi connectivity index (χ0v) is 23.5. The van der Waals surface area contributed by atoms with Gasteiger partial charge in [0.25, 0.3) is 15.9 Å². The zero-order chi connectivity index (χ0) is 27.7. The van der Waals surface area contributed by atoms with Gasteiger partial charge in [-0.3, -0.25) is 14.5 Å². The van der Waals surface area contributed by atoms with Gasteiger partial charge in [0, 0.05) is 54.7 Å². The number of aryl methyl sites for hydroxylation is 1. The van der Waals surface area contributed by atoms with Crippen molar-refractivity contribution in [2.75, 3.05) is 35.8 Å². The van der Waals surface area contributed by atoms with Crippen molar-refractivity contribution < 1.29 is 13.2 Å². The largest absolute Gasteiger partial charge is 0.368 e. The van der Waals surface area contributed by atoms with Crippen molar-refractivity contribution in [3.05, 3.63) is 95.7 Å². The Kier molecular flexibility index (Phi) is 7.19. The molecule has 40 heavy (non-hydrogen) atoms. The first kappa shape index (κ1) is 26.3. The van der Waals surface area contributed by atoms with E-state index in [0.29, 0.717) is 29.9 Å². The Hall–Kier alpha value is -3.91. The molecule has 1 aliphatic carbocycles. The lowest BCUT2D eigenvalue weighted by Gasteiger charge is -2.37. The number of nitrogens with zero attached hydrogens (tertiary/aromatic N) is 3. The van der Waals surface area contributed by atoms with Crippen LogP contribution in [-0.2, 0) is 16.4 Å². The summed E-state index contributed by atoms with van der Waals surface area (Å²) in [6.45, 7) is 5.09. The lowest BCUT2D eigenvalue weighted by Crippen LogP contribution is -2.49. The summed E-state index contributed by atoms with van der Waals surface area (Å²) in [6.07, 6.45) is 6.53. The highest BCUT2D eigenvalue weighted by Crippen LogP contribution is 2.38. The maximum absolute atomic E-state index is 13.3. The second kappa shape index (κ2) is 10.9. The van der Waals surface area contributed by atoms with Gasteiger partial charge in [0.1, 0.15) is 4.90 Å².